The van der Waals surface area contributed by atoms with Gasteiger partial charge in [-0.1, -0.05) is 27.7 Å². The Labute approximate surface area is 126 Å². The van der Waals surface area contributed by atoms with Gasteiger partial charge in [0, 0.05) is 23.7 Å². The SMILES string of the molecule is Cc1c(C(=O)NC(C)C(C)C)[nH]c2c1C(=O)CC(C)(C)C2. The molecular weight excluding hydrogens is 264 g/mol. The molecule has 0 aliphatic heterocycles. The van der Waals surface area contributed by atoms with Crippen LogP contribution in [0.5, 0.6) is 0 Å². The lowest BCUT2D eigenvalue weighted by molar-refractivity contribution is 0.0907. The van der Waals surface area contributed by atoms with Gasteiger partial charge in [0.2, 0.25) is 0 Å². The van der Waals surface area contributed by atoms with E-state index in [-0.39, 0.29) is 23.1 Å². The third-order valence-corrected chi connectivity index (χ3v) is 4.49. The quantitative estimate of drug-likeness (QED) is 0.897. The maximum absolute atomic E-state index is 12.4. The van der Waals surface area contributed by atoms with Crippen LogP contribution >= 0.6 is 0 Å². The molecule has 0 radical (unpaired) electrons. The number of aromatic amines is 1. The van der Waals surface area contributed by atoms with Crippen LogP contribution in [0.2, 0.25) is 0 Å². The van der Waals surface area contributed by atoms with Crippen molar-refractivity contribution >= 4 is 11.7 Å². The summed E-state index contributed by atoms with van der Waals surface area (Å²) in [6.07, 6.45) is 1.35. The fourth-order valence-corrected chi connectivity index (χ4v) is 2.91. The number of hydrogen-bond donors (Lipinski definition) is 2. The Bertz CT molecular complexity index is 582. The molecule has 0 saturated carbocycles. The molecule has 4 nitrogen and oxygen atoms in total. The molecule has 1 aromatic rings. The zero-order valence-corrected chi connectivity index (χ0v) is 13.9. The van der Waals surface area contributed by atoms with E-state index < -0.39 is 0 Å². The van der Waals surface area contributed by atoms with Crippen molar-refractivity contribution in [3.8, 4) is 0 Å². The topological polar surface area (TPSA) is 62.0 Å². The van der Waals surface area contributed by atoms with Crippen molar-refractivity contribution in [3.63, 3.8) is 0 Å². The lowest BCUT2D eigenvalue weighted by atomic mass is 9.75. The fourth-order valence-electron chi connectivity index (χ4n) is 2.91. The molecule has 1 aromatic heterocycles. The zero-order chi connectivity index (χ0) is 15.9. The average molecular weight is 290 g/mol. The Morgan fingerprint density at radius 3 is 2.43 bits per heavy atom. The number of fused-ring (bicyclic) bond motifs is 1. The third kappa shape index (κ3) is 3.04. The van der Waals surface area contributed by atoms with Gasteiger partial charge >= 0.3 is 0 Å². The molecule has 2 rings (SSSR count). The van der Waals surface area contributed by atoms with E-state index in [4.69, 9.17) is 0 Å². The van der Waals surface area contributed by atoms with Gasteiger partial charge in [-0.2, -0.15) is 0 Å². The van der Waals surface area contributed by atoms with E-state index in [0.29, 0.717) is 18.0 Å². The number of amides is 1. The molecule has 1 aliphatic rings. The average Bonchev–Trinajstić information content (AvgIpc) is 2.64. The molecule has 0 bridgehead atoms. The first kappa shape index (κ1) is 15.8. The molecule has 1 aliphatic carbocycles. The van der Waals surface area contributed by atoms with E-state index >= 15 is 0 Å². The van der Waals surface area contributed by atoms with Gasteiger partial charge < -0.3 is 10.3 Å². The van der Waals surface area contributed by atoms with Crippen molar-refractivity contribution in [2.45, 2.75) is 60.4 Å². The molecule has 21 heavy (non-hydrogen) atoms. The predicted octanol–water partition coefficient (Wildman–Crippen LogP) is 3.25. The molecule has 116 valence electrons. The summed E-state index contributed by atoms with van der Waals surface area (Å²) in [6, 6.07) is 0.101. The second-order valence-corrected chi connectivity index (χ2v) is 7.43. The number of hydrogen-bond acceptors (Lipinski definition) is 2. The second kappa shape index (κ2) is 5.32. The number of rotatable bonds is 3. The summed E-state index contributed by atoms with van der Waals surface area (Å²) in [4.78, 5) is 27.9. The van der Waals surface area contributed by atoms with Crippen LogP contribution in [0.15, 0.2) is 0 Å². The second-order valence-electron chi connectivity index (χ2n) is 7.43. The summed E-state index contributed by atoms with van der Waals surface area (Å²) in [6.45, 7) is 12.2. The third-order valence-electron chi connectivity index (χ3n) is 4.49. The molecule has 0 aromatic carbocycles. The first-order chi connectivity index (χ1) is 9.62. The molecule has 1 unspecified atom stereocenters. The minimum absolute atomic E-state index is 0.0413. The first-order valence-corrected chi connectivity index (χ1v) is 7.68. The molecule has 1 amide bonds. The first-order valence-electron chi connectivity index (χ1n) is 7.68. The highest BCUT2D eigenvalue weighted by atomic mass is 16.2. The van der Waals surface area contributed by atoms with Gasteiger partial charge in [0.25, 0.3) is 5.91 Å². The Morgan fingerprint density at radius 1 is 1.24 bits per heavy atom. The van der Waals surface area contributed by atoms with Crippen LogP contribution in [0.1, 0.15) is 73.1 Å². The van der Waals surface area contributed by atoms with Crippen LogP contribution in [-0.2, 0) is 6.42 Å². The normalized spacial score (nSPS) is 18.5. The molecule has 0 spiro atoms. The molecule has 0 saturated heterocycles. The Balaban J connectivity index is 2.32. The van der Waals surface area contributed by atoms with Crippen molar-refractivity contribution < 1.29 is 9.59 Å². The number of nitrogens with one attached hydrogen (secondary N) is 2. The maximum Gasteiger partial charge on any atom is 0.268 e. The van der Waals surface area contributed by atoms with Crippen LogP contribution in [-0.4, -0.2) is 22.7 Å². The van der Waals surface area contributed by atoms with Crippen LogP contribution in [0.3, 0.4) is 0 Å². The number of H-pyrrole nitrogens is 1. The van der Waals surface area contributed by atoms with Gasteiger partial charge in [-0.25, -0.2) is 0 Å². The lowest BCUT2D eigenvalue weighted by Gasteiger charge is -2.28. The predicted molar refractivity (Wildman–Crippen MR) is 83.7 cm³/mol. The van der Waals surface area contributed by atoms with Crippen molar-refractivity contribution in [1.29, 1.82) is 0 Å². The number of carbonyl (C=O) groups is 2. The Morgan fingerprint density at radius 2 is 1.86 bits per heavy atom. The van der Waals surface area contributed by atoms with Gasteiger partial charge in [-0.3, -0.25) is 9.59 Å². The van der Waals surface area contributed by atoms with Crippen molar-refractivity contribution in [3.05, 3.63) is 22.5 Å². The molecule has 2 N–H and O–H groups in total. The standard InChI is InChI=1S/C17H26N2O2/c1-9(2)11(4)18-16(21)15-10(3)14-12(19-15)7-17(5,6)8-13(14)20/h9,11,19H,7-8H2,1-6H3,(H,18,21). The summed E-state index contributed by atoms with van der Waals surface area (Å²) in [5.41, 5.74) is 2.94. The monoisotopic (exact) mass is 290 g/mol. The number of ketones is 1. The summed E-state index contributed by atoms with van der Waals surface area (Å²) >= 11 is 0. The Hall–Kier alpha value is -1.58. The van der Waals surface area contributed by atoms with Crippen molar-refractivity contribution in [1.82, 2.24) is 10.3 Å². The number of carbonyl (C=O) groups excluding carboxylic acids is 2. The van der Waals surface area contributed by atoms with Gasteiger partial charge in [-0.05, 0) is 37.2 Å². The smallest absolute Gasteiger partial charge is 0.268 e. The van der Waals surface area contributed by atoms with E-state index in [1.165, 1.54) is 0 Å². The van der Waals surface area contributed by atoms with Gasteiger partial charge in [0.1, 0.15) is 5.69 Å². The lowest BCUT2D eigenvalue weighted by Crippen LogP contribution is -2.36. The van der Waals surface area contributed by atoms with Crippen LogP contribution in [0.4, 0.5) is 0 Å². The highest BCUT2D eigenvalue weighted by molar-refractivity contribution is 6.04. The molecule has 4 heteroatoms. The number of aromatic nitrogens is 1. The molecule has 1 heterocycles. The zero-order valence-electron chi connectivity index (χ0n) is 13.9. The minimum Gasteiger partial charge on any atom is -0.354 e. The number of Topliss-reactive ketones (excluding diaryl/α,β-unsaturated/α-hetero) is 1. The molecular formula is C17H26N2O2. The summed E-state index contributed by atoms with van der Waals surface area (Å²) in [7, 11) is 0. The summed E-state index contributed by atoms with van der Waals surface area (Å²) in [5, 5.41) is 3.00. The van der Waals surface area contributed by atoms with Crippen molar-refractivity contribution in [2.75, 3.05) is 0 Å². The van der Waals surface area contributed by atoms with Gasteiger partial charge in [0.05, 0.1) is 0 Å². The Kier molecular flexibility index (Phi) is 4.00. The van der Waals surface area contributed by atoms with Gasteiger partial charge in [0.15, 0.2) is 5.78 Å². The van der Waals surface area contributed by atoms with E-state index in [0.717, 1.165) is 23.2 Å². The van der Waals surface area contributed by atoms with E-state index in [2.05, 4.69) is 38.0 Å². The molecule has 0 fully saturated rings. The van der Waals surface area contributed by atoms with E-state index in [9.17, 15) is 9.59 Å². The highest BCUT2D eigenvalue weighted by Crippen LogP contribution is 2.36. The van der Waals surface area contributed by atoms with Crippen LogP contribution < -0.4 is 5.32 Å². The van der Waals surface area contributed by atoms with Crippen LogP contribution in [0.25, 0.3) is 0 Å². The maximum atomic E-state index is 12.4. The summed E-state index contributed by atoms with van der Waals surface area (Å²) in [5.74, 6) is 0.402. The van der Waals surface area contributed by atoms with E-state index in [1.54, 1.807) is 0 Å². The molecule has 1 atom stereocenters. The van der Waals surface area contributed by atoms with Crippen LogP contribution in [0, 0.1) is 18.3 Å². The van der Waals surface area contributed by atoms with Crippen molar-refractivity contribution in [2.24, 2.45) is 11.3 Å². The van der Waals surface area contributed by atoms with E-state index in [1.807, 2.05) is 13.8 Å². The minimum atomic E-state index is -0.117. The summed E-state index contributed by atoms with van der Waals surface area (Å²) < 4.78 is 0. The largest absolute Gasteiger partial charge is 0.354 e. The van der Waals surface area contributed by atoms with Gasteiger partial charge in [-0.15, -0.1) is 0 Å². The fraction of sp³-hybridized carbons (Fsp3) is 0.647. The highest BCUT2D eigenvalue weighted by Gasteiger charge is 2.35.